The van der Waals surface area contributed by atoms with Crippen LogP contribution >= 0.6 is 0 Å². The Morgan fingerprint density at radius 3 is 2.54 bits per heavy atom. The van der Waals surface area contributed by atoms with Crippen molar-refractivity contribution in [1.82, 2.24) is 4.90 Å². The molecular formula is C19H20FNO4S. The number of halogens is 1. The maximum absolute atomic E-state index is 13.5. The lowest BCUT2D eigenvalue weighted by molar-refractivity contribution is 0.0680. The van der Waals surface area contributed by atoms with E-state index >= 15 is 0 Å². The molecule has 0 radical (unpaired) electrons. The molecule has 138 valence electrons. The summed E-state index contributed by atoms with van der Waals surface area (Å²) in [5, 5.41) is 0. The lowest BCUT2D eigenvalue weighted by Crippen LogP contribution is -2.40. The summed E-state index contributed by atoms with van der Waals surface area (Å²) >= 11 is 0. The van der Waals surface area contributed by atoms with Crippen LogP contribution in [0.2, 0.25) is 0 Å². The molecule has 1 aliphatic rings. The topological polar surface area (TPSA) is 63.7 Å². The minimum absolute atomic E-state index is 0.0627. The first-order chi connectivity index (χ1) is 12.4. The molecule has 26 heavy (non-hydrogen) atoms. The maximum Gasteiger partial charge on any atom is 0.254 e. The van der Waals surface area contributed by atoms with Crippen LogP contribution in [0.3, 0.4) is 0 Å². The third kappa shape index (κ3) is 4.22. The summed E-state index contributed by atoms with van der Waals surface area (Å²) in [4.78, 5) is 14.6. The van der Waals surface area contributed by atoms with Gasteiger partial charge in [-0.3, -0.25) is 4.79 Å². The molecule has 0 N–H and O–H groups in total. The van der Waals surface area contributed by atoms with Gasteiger partial charge < -0.3 is 9.64 Å². The van der Waals surface area contributed by atoms with Gasteiger partial charge in [0.05, 0.1) is 18.6 Å². The fourth-order valence-electron chi connectivity index (χ4n) is 3.12. The highest BCUT2D eigenvalue weighted by atomic mass is 32.2. The van der Waals surface area contributed by atoms with Crippen molar-refractivity contribution in [3.63, 3.8) is 0 Å². The average molecular weight is 377 g/mol. The average Bonchev–Trinajstić information content (AvgIpc) is 2.99. The van der Waals surface area contributed by atoms with Gasteiger partial charge in [0.15, 0.2) is 9.84 Å². The molecule has 7 heteroatoms. The van der Waals surface area contributed by atoms with Gasteiger partial charge in [0.2, 0.25) is 0 Å². The first-order valence-electron chi connectivity index (χ1n) is 8.28. The van der Waals surface area contributed by atoms with Gasteiger partial charge in [-0.15, -0.1) is 0 Å². The van der Waals surface area contributed by atoms with E-state index in [2.05, 4.69) is 0 Å². The van der Waals surface area contributed by atoms with Gasteiger partial charge >= 0.3 is 0 Å². The maximum atomic E-state index is 13.5. The smallest absolute Gasteiger partial charge is 0.254 e. The number of benzene rings is 2. The van der Waals surface area contributed by atoms with Crippen molar-refractivity contribution >= 4 is 15.7 Å². The Bertz CT molecular complexity index is 896. The molecule has 0 bridgehead atoms. The Kier molecular flexibility index (Phi) is 5.27. The first-order valence-corrected chi connectivity index (χ1v) is 10.1. The monoisotopic (exact) mass is 377 g/mol. The second-order valence-electron chi connectivity index (χ2n) is 6.35. The summed E-state index contributed by atoms with van der Waals surface area (Å²) in [5.74, 6) is -0.0451. The van der Waals surface area contributed by atoms with E-state index in [9.17, 15) is 17.6 Å². The Balaban J connectivity index is 1.89. The van der Waals surface area contributed by atoms with Crippen LogP contribution in [0, 0.1) is 5.82 Å². The van der Waals surface area contributed by atoms with E-state index in [-0.39, 0.29) is 24.0 Å². The van der Waals surface area contributed by atoms with E-state index in [1.165, 1.54) is 24.1 Å². The van der Waals surface area contributed by atoms with Crippen molar-refractivity contribution in [3.8, 4) is 5.75 Å². The predicted octanol–water partition coefficient (Wildman–Crippen LogP) is 2.66. The van der Waals surface area contributed by atoms with Crippen LogP contribution in [0.5, 0.6) is 5.75 Å². The lowest BCUT2D eigenvalue weighted by Gasteiger charge is -2.28. The van der Waals surface area contributed by atoms with Crippen molar-refractivity contribution < 1.29 is 22.3 Å². The normalized spacial score (nSPS) is 18.5. The zero-order valence-electron chi connectivity index (χ0n) is 14.4. The van der Waals surface area contributed by atoms with Gasteiger partial charge in [-0.1, -0.05) is 12.1 Å². The molecule has 1 atom stereocenters. The minimum atomic E-state index is -3.16. The number of amides is 1. The molecule has 1 fully saturated rings. The molecule has 2 aromatic rings. The second kappa shape index (κ2) is 7.45. The number of sulfone groups is 1. The summed E-state index contributed by atoms with van der Waals surface area (Å²) in [5.41, 5.74) is 1.06. The molecule has 0 spiro atoms. The predicted molar refractivity (Wildman–Crippen MR) is 96.3 cm³/mol. The van der Waals surface area contributed by atoms with E-state index in [1.54, 1.807) is 36.4 Å². The van der Waals surface area contributed by atoms with Crippen molar-refractivity contribution in [1.29, 1.82) is 0 Å². The number of hydrogen-bond acceptors (Lipinski definition) is 4. The van der Waals surface area contributed by atoms with Crippen LogP contribution in [0.25, 0.3) is 0 Å². The number of carbonyl (C=O) groups is 1. The van der Waals surface area contributed by atoms with Gasteiger partial charge in [-0.25, -0.2) is 12.8 Å². The number of ether oxygens (including phenoxy) is 1. The minimum Gasteiger partial charge on any atom is -0.497 e. The van der Waals surface area contributed by atoms with Crippen molar-refractivity contribution in [2.24, 2.45) is 0 Å². The van der Waals surface area contributed by atoms with Crippen molar-refractivity contribution in [3.05, 3.63) is 65.5 Å². The van der Waals surface area contributed by atoms with Gasteiger partial charge in [-0.05, 0) is 48.4 Å². The molecule has 5 nitrogen and oxygen atoms in total. The zero-order chi connectivity index (χ0) is 18.7. The number of hydrogen-bond donors (Lipinski definition) is 0. The van der Waals surface area contributed by atoms with Gasteiger partial charge in [0, 0.05) is 18.2 Å². The van der Waals surface area contributed by atoms with E-state index < -0.39 is 21.7 Å². The Hall–Kier alpha value is -2.41. The molecule has 0 aromatic heterocycles. The fourth-order valence-corrected chi connectivity index (χ4v) is 4.85. The highest BCUT2D eigenvalue weighted by molar-refractivity contribution is 7.91. The zero-order valence-corrected chi connectivity index (χ0v) is 15.2. The summed E-state index contributed by atoms with van der Waals surface area (Å²) in [7, 11) is -1.62. The highest BCUT2D eigenvalue weighted by Crippen LogP contribution is 2.23. The van der Waals surface area contributed by atoms with E-state index in [0.717, 1.165) is 0 Å². The molecule has 0 aliphatic carbocycles. The largest absolute Gasteiger partial charge is 0.497 e. The molecular weight excluding hydrogens is 357 g/mol. The standard InChI is InChI=1S/C19H20FNO4S/c1-25-18-7-5-15(6-8-18)19(22)21(17-9-10-26(23,24)13-17)12-14-3-2-4-16(20)11-14/h2-8,11,17H,9-10,12-13H2,1H3/t17-/m0/s1. The van der Waals surface area contributed by atoms with E-state index in [4.69, 9.17) is 4.74 Å². The second-order valence-corrected chi connectivity index (χ2v) is 8.58. The van der Waals surface area contributed by atoms with Crippen molar-refractivity contribution in [2.75, 3.05) is 18.6 Å². The van der Waals surface area contributed by atoms with Gasteiger partial charge in [-0.2, -0.15) is 0 Å². The Morgan fingerprint density at radius 2 is 1.96 bits per heavy atom. The van der Waals surface area contributed by atoms with E-state index in [0.29, 0.717) is 23.3 Å². The number of carbonyl (C=O) groups excluding carboxylic acids is 1. The molecule has 1 heterocycles. The third-order valence-corrected chi connectivity index (χ3v) is 6.24. The van der Waals surface area contributed by atoms with Crippen LogP contribution in [-0.4, -0.2) is 43.9 Å². The molecule has 1 amide bonds. The summed E-state index contributed by atoms with van der Waals surface area (Å²) < 4.78 is 42.4. The van der Waals surface area contributed by atoms with Gasteiger partial charge in [0.25, 0.3) is 5.91 Å². The number of methoxy groups -OCH3 is 1. The number of rotatable bonds is 5. The first kappa shape index (κ1) is 18.4. The SMILES string of the molecule is COc1ccc(C(=O)N(Cc2cccc(F)c2)[C@H]2CCS(=O)(=O)C2)cc1. The summed E-state index contributed by atoms with van der Waals surface area (Å²) in [6.45, 7) is 0.156. The summed E-state index contributed by atoms with van der Waals surface area (Å²) in [6.07, 6.45) is 0.388. The molecule has 1 aliphatic heterocycles. The lowest BCUT2D eigenvalue weighted by atomic mass is 10.1. The molecule has 3 rings (SSSR count). The fraction of sp³-hybridized carbons (Fsp3) is 0.316. The Labute approximate surface area is 152 Å². The molecule has 0 saturated carbocycles. The molecule has 1 saturated heterocycles. The van der Waals surface area contributed by atoms with Crippen LogP contribution in [-0.2, 0) is 16.4 Å². The number of nitrogens with zero attached hydrogens (tertiary/aromatic N) is 1. The summed E-state index contributed by atoms with van der Waals surface area (Å²) in [6, 6.07) is 12.2. The van der Waals surface area contributed by atoms with E-state index in [1.807, 2.05) is 0 Å². The van der Waals surface area contributed by atoms with Crippen LogP contribution in [0.4, 0.5) is 4.39 Å². The highest BCUT2D eigenvalue weighted by Gasteiger charge is 2.35. The molecule has 0 unspecified atom stereocenters. The van der Waals surface area contributed by atoms with Crippen LogP contribution in [0.15, 0.2) is 48.5 Å². The van der Waals surface area contributed by atoms with Crippen LogP contribution in [0.1, 0.15) is 22.3 Å². The van der Waals surface area contributed by atoms with Crippen molar-refractivity contribution in [2.45, 2.75) is 19.0 Å². The van der Waals surface area contributed by atoms with Gasteiger partial charge in [0.1, 0.15) is 11.6 Å². The quantitative estimate of drug-likeness (QED) is 0.804. The Morgan fingerprint density at radius 1 is 1.23 bits per heavy atom. The molecule has 2 aromatic carbocycles. The van der Waals surface area contributed by atoms with Crippen LogP contribution < -0.4 is 4.74 Å². The third-order valence-electron chi connectivity index (χ3n) is 4.49.